The van der Waals surface area contributed by atoms with Crippen LogP contribution in [0.4, 0.5) is 27.6 Å². The Hall–Kier alpha value is -3.41. The van der Waals surface area contributed by atoms with Crippen LogP contribution in [0.2, 0.25) is 5.02 Å². The monoisotopic (exact) mass is 459 g/mol. The third-order valence-electron chi connectivity index (χ3n) is 4.24. The lowest BCUT2D eigenvalue weighted by atomic mass is 10.1. The quantitative estimate of drug-likeness (QED) is 0.370. The summed E-state index contributed by atoms with van der Waals surface area (Å²) in [4.78, 5) is 0. The van der Waals surface area contributed by atoms with Crippen molar-refractivity contribution >= 4 is 28.3 Å². The fourth-order valence-electron chi connectivity index (χ4n) is 2.88. The van der Waals surface area contributed by atoms with Gasteiger partial charge in [-0.25, -0.2) is 0 Å². The van der Waals surface area contributed by atoms with Gasteiger partial charge in [0.05, 0.1) is 5.56 Å². The Bertz CT molecular complexity index is 1210. The van der Waals surface area contributed by atoms with Crippen LogP contribution in [0.5, 0.6) is 5.75 Å². The van der Waals surface area contributed by atoms with E-state index >= 15 is 0 Å². The fraction of sp³-hybridized carbons (Fsp3) is 0.167. The first-order valence-corrected chi connectivity index (χ1v) is 8.94. The van der Waals surface area contributed by atoms with Gasteiger partial charge in [0, 0.05) is 28.7 Å². The summed E-state index contributed by atoms with van der Waals surface area (Å²) in [5, 5.41) is 17.2. The van der Waals surface area contributed by atoms with E-state index in [-0.39, 0.29) is 18.1 Å². The third-order valence-corrected chi connectivity index (χ3v) is 4.59. The first-order chi connectivity index (χ1) is 14.7. The molecule has 0 aliphatic rings. The van der Waals surface area contributed by atoms with Crippen molar-refractivity contribution in [1.29, 1.82) is 0 Å². The number of rotatable bonds is 6. The van der Waals surface area contributed by atoms with E-state index in [0.717, 1.165) is 6.07 Å². The summed E-state index contributed by atoms with van der Waals surface area (Å²) in [6.07, 6.45) is -4.87. The molecule has 4 rings (SSSR count). The minimum absolute atomic E-state index is 0.0461. The van der Waals surface area contributed by atoms with E-state index in [1.807, 2.05) is 0 Å². The van der Waals surface area contributed by atoms with E-state index in [2.05, 4.69) is 30.7 Å². The van der Waals surface area contributed by atoms with Crippen molar-refractivity contribution in [2.75, 3.05) is 5.32 Å². The molecular formula is C18H11ClF5N5O2. The van der Waals surface area contributed by atoms with Crippen molar-refractivity contribution in [2.45, 2.75) is 19.3 Å². The highest BCUT2D eigenvalue weighted by Crippen LogP contribution is 2.39. The van der Waals surface area contributed by atoms with Crippen LogP contribution >= 0.6 is 11.6 Å². The summed E-state index contributed by atoms with van der Waals surface area (Å²) in [5.41, 5.74) is -0.249. The second-order valence-corrected chi connectivity index (χ2v) is 6.68. The summed E-state index contributed by atoms with van der Waals surface area (Å²) in [7, 11) is 0. The Morgan fingerprint density at radius 2 is 1.97 bits per heavy atom. The van der Waals surface area contributed by atoms with Crippen LogP contribution in [0.3, 0.4) is 0 Å². The number of anilines is 1. The number of ether oxygens (including phenoxy) is 1. The van der Waals surface area contributed by atoms with Crippen molar-refractivity contribution in [3.05, 3.63) is 52.5 Å². The molecule has 0 atom stereocenters. The predicted octanol–water partition coefficient (Wildman–Crippen LogP) is 5.50. The summed E-state index contributed by atoms with van der Waals surface area (Å²) < 4.78 is 73.9. The zero-order valence-corrected chi connectivity index (χ0v) is 15.9. The number of aromatic amines is 1. The maximum atomic E-state index is 13.2. The van der Waals surface area contributed by atoms with E-state index in [1.54, 1.807) is 18.2 Å². The smallest absolute Gasteiger partial charge is 0.420 e. The highest BCUT2D eigenvalue weighted by atomic mass is 35.5. The number of nitrogens with zero attached hydrogens (tertiary/aromatic N) is 3. The zero-order chi connectivity index (χ0) is 22.2. The third kappa shape index (κ3) is 4.53. The maximum Gasteiger partial charge on any atom is 0.420 e. The molecule has 0 unspecified atom stereocenters. The molecule has 0 saturated heterocycles. The molecule has 0 aliphatic heterocycles. The van der Waals surface area contributed by atoms with Gasteiger partial charge in [-0.05, 0) is 41.1 Å². The van der Waals surface area contributed by atoms with Gasteiger partial charge in [-0.2, -0.15) is 27.2 Å². The Morgan fingerprint density at radius 1 is 1.16 bits per heavy atom. The largest absolute Gasteiger partial charge is 0.453 e. The minimum Gasteiger partial charge on any atom is -0.453 e. The predicted molar refractivity (Wildman–Crippen MR) is 99.8 cm³/mol. The maximum absolute atomic E-state index is 13.2. The number of hydrogen-bond acceptors (Lipinski definition) is 6. The molecule has 0 saturated carbocycles. The zero-order valence-electron chi connectivity index (χ0n) is 15.2. The normalized spacial score (nSPS) is 12.0. The molecule has 2 heterocycles. The summed E-state index contributed by atoms with van der Waals surface area (Å²) in [6, 6.07) is 7.63. The van der Waals surface area contributed by atoms with Crippen molar-refractivity contribution in [1.82, 2.24) is 20.6 Å². The summed E-state index contributed by atoms with van der Waals surface area (Å²) in [5.74, 6) is -0.355. The molecule has 0 aliphatic carbocycles. The van der Waals surface area contributed by atoms with Crippen LogP contribution in [0.15, 0.2) is 40.8 Å². The fourth-order valence-corrected chi connectivity index (χ4v) is 3.10. The first kappa shape index (κ1) is 20.8. The molecule has 13 heteroatoms. The average Bonchev–Trinajstić information content (AvgIpc) is 3.35. The Morgan fingerprint density at radius 3 is 2.65 bits per heavy atom. The lowest BCUT2D eigenvalue weighted by molar-refractivity contribution is -0.141. The van der Waals surface area contributed by atoms with Crippen LogP contribution in [0.25, 0.3) is 22.6 Å². The molecule has 162 valence electrons. The van der Waals surface area contributed by atoms with Crippen molar-refractivity contribution in [2.24, 2.45) is 0 Å². The van der Waals surface area contributed by atoms with Crippen LogP contribution in [-0.4, -0.2) is 27.2 Å². The van der Waals surface area contributed by atoms with Crippen molar-refractivity contribution in [3.8, 4) is 17.3 Å². The number of tetrazole rings is 1. The SMILES string of the molecule is FC(F)Oc1ccc(NCc2cc3cc(-c4nn[nH]n4)oc3cc2Cl)cc1C(F)(F)F. The summed E-state index contributed by atoms with van der Waals surface area (Å²) in [6.45, 7) is -3.32. The van der Waals surface area contributed by atoms with E-state index in [9.17, 15) is 22.0 Å². The molecular weight excluding hydrogens is 449 g/mol. The molecule has 2 aromatic carbocycles. The van der Waals surface area contributed by atoms with Gasteiger partial charge >= 0.3 is 12.8 Å². The molecule has 0 bridgehead atoms. The van der Waals surface area contributed by atoms with E-state index in [0.29, 0.717) is 33.4 Å². The molecule has 0 amide bonds. The number of aromatic nitrogens is 4. The van der Waals surface area contributed by atoms with Gasteiger partial charge in [-0.1, -0.05) is 11.6 Å². The topological polar surface area (TPSA) is 88.9 Å². The molecule has 0 spiro atoms. The second kappa shape index (κ2) is 8.02. The van der Waals surface area contributed by atoms with Crippen molar-refractivity contribution in [3.63, 3.8) is 0 Å². The molecule has 4 aromatic rings. The van der Waals surface area contributed by atoms with Crippen LogP contribution in [0, 0.1) is 0 Å². The number of benzene rings is 2. The highest BCUT2D eigenvalue weighted by molar-refractivity contribution is 6.32. The number of alkyl halides is 5. The van der Waals surface area contributed by atoms with Gasteiger partial charge in [0.2, 0.25) is 5.82 Å². The van der Waals surface area contributed by atoms with E-state index < -0.39 is 24.1 Å². The average molecular weight is 460 g/mol. The molecule has 0 fully saturated rings. The number of nitrogens with one attached hydrogen (secondary N) is 2. The van der Waals surface area contributed by atoms with Crippen LogP contribution in [0.1, 0.15) is 11.1 Å². The Kier molecular flexibility index (Phi) is 5.39. The minimum atomic E-state index is -4.87. The van der Waals surface area contributed by atoms with Gasteiger partial charge in [-0.3, -0.25) is 0 Å². The number of hydrogen-bond donors (Lipinski definition) is 2. The summed E-state index contributed by atoms with van der Waals surface area (Å²) >= 11 is 6.26. The number of furan rings is 1. The van der Waals surface area contributed by atoms with Gasteiger partial charge in [-0.15, -0.1) is 10.2 Å². The van der Waals surface area contributed by atoms with Crippen LogP contribution < -0.4 is 10.1 Å². The Balaban J connectivity index is 1.58. The lowest BCUT2D eigenvalue weighted by Gasteiger charge is -2.16. The lowest BCUT2D eigenvalue weighted by Crippen LogP contribution is -2.12. The first-order valence-electron chi connectivity index (χ1n) is 8.56. The number of H-pyrrole nitrogens is 1. The second-order valence-electron chi connectivity index (χ2n) is 6.27. The molecule has 0 radical (unpaired) electrons. The standard InChI is InChI=1S/C18H11ClF5N5O2/c19-12-6-14-8(4-15(30-14)16-26-28-29-27-16)3-9(12)7-25-10-1-2-13(31-17(20)21)11(5-10)18(22,23)24/h1-6,17,25H,7H2,(H,26,27,28,29). The van der Waals surface area contributed by atoms with Gasteiger partial charge < -0.3 is 14.5 Å². The molecule has 2 aromatic heterocycles. The van der Waals surface area contributed by atoms with Crippen molar-refractivity contribution < 1.29 is 31.1 Å². The highest BCUT2D eigenvalue weighted by Gasteiger charge is 2.35. The molecule has 2 N–H and O–H groups in total. The van der Waals surface area contributed by atoms with Gasteiger partial charge in [0.15, 0.2) is 5.76 Å². The molecule has 31 heavy (non-hydrogen) atoms. The Labute approximate surface area is 175 Å². The molecule has 7 nitrogen and oxygen atoms in total. The van der Waals surface area contributed by atoms with Crippen LogP contribution in [-0.2, 0) is 12.7 Å². The number of halogens is 6. The van der Waals surface area contributed by atoms with Gasteiger partial charge in [0.25, 0.3) is 0 Å². The number of fused-ring (bicyclic) bond motifs is 1. The van der Waals surface area contributed by atoms with E-state index in [1.165, 1.54) is 6.07 Å². The van der Waals surface area contributed by atoms with Gasteiger partial charge in [0.1, 0.15) is 11.3 Å². The van der Waals surface area contributed by atoms with E-state index in [4.69, 9.17) is 16.0 Å².